The Hall–Kier alpha value is -1.76. The van der Waals surface area contributed by atoms with Crippen molar-refractivity contribution in [3.63, 3.8) is 0 Å². The molecule has 140 valence electrons. The van der Waals surface area contributed by atoms with Crippen molar-refractivity contribution in [2.45, 2.75) is 56.9 Å². The van der Waals surface area contributed by atoms with Gasteiger partial charge < -0.3 is 9.47 Å². The molecule has 2 aromatic heterocycles. The first-order valence-electron chi connectivity index (χ1n) is 9.35. The van der Waals surface area contributed by atoms with Gasteiger partial charge in [0.2, 0.25) is 0 Å². The van der Waals surface area contributed by atoms with Crippen LogP contribution in [-0.4, -0.2) is 52.8 Å². The maximum Gasteiger partial charge on any atom is 0.258 e. The molecule has 0 aromatic carbocycles. The summed E-state index contributed by atoms with van der Waals surface area (Å²) in [5.41, 5.74) is 2.47. The predicted molar refractivity (Wildman–Crippen MR) is 99.4 cm³/mol. The summed E-state index contributed by atoms with van der Waals surface area (Å²) >= 11 is 0. The third-order valence-electron chi connectivity index (χ3n) is 6.21. The lowest BCUT2D eigenvalue weighted by molar-refractivity contribution is -0.0948. The standard InChI is InChI=1S/C20H27N3O3/c1-14-4-5-18-21-15(10-19(24)23(18)12-14)13-22-9-8-20(26-3)7-6-16(25-2)11-17(20)22/h4-5,10,12,16-17H,6-9,11,13H2,1-3H3/t16-,17-,20+/m0/s1. The normalized spacial score (nSPS) is 29.2. The van der Waals surface area contributed by atoms with Gasteiger partial charge in [0.1, 0.15) is 5.65 Å². The van der Waals surface area contributed by atoms with E-state index in [1.54, 1.807) is 17.6 Å². The molecule has 0 radical (unpaired) electrons. The number of nitrogens with zero attached hydrogens (tertiary/aromatic N) is 3. The number of ether oxygens (including phenoxy) is 2. The summed E-state index contributed by atoms with van der Waals surface area (Å²) in [6.07, 6.45) is 6.18. The summed E-state index contributed by atoms with van der Waals surface area (Å²) in [4.78, 5) is 19.6. The molecule has 1 saturated heterocycles. The molecular formula is C20H27N3O3. The summed E-state index contributed by atoms with van der Waals surface area (Å²) < 4.78 is 13.2. The van der Waals surface area contributed by atoms with E-state index in [0.29, 0.717) is 18.2 Å². The fourth-order valence-corrected chi connectivity index (χ4v) is 4.71. The minimum absolute atomic E-state index is 0.0238. The molecule has 2 aromatic rings. The largest absolute Gasteiger partial charge is 0.381 e. The van der Waals surface area contributed by atoms with Crippen molar-refractivity contribution in [3.05, 3.63) is 46.0 Å². The first-order valence-corrected chi connectivity index (χ1v) is 9.35. The molecule has 0 spiro atoms. The molecule has 3 atom stereocenters. The van der Waals surface area contributed by atoms with Crippen LogP contribution < -0.4 is 5.56 Å². The second kappa shape index (κ2) is 6.76. The minimum Gasteiger partial charge on any atom is -0.381 e. The van der Waals surface area contributed by atoms with Crippen molar-refractivity contribution in [1.82, 2.24) is 14.3 Å². The van der Waals surface area contributed by atoms with Crippen molar-refractivity contribution >= 4 is 5.65 Å². The zero-order valence-corrected chi connectivity index (χ0v) is 15.8. The number of aromatic nitrogens is 2. The van der Waals surface area contributed by atoms with Gasteiger partial charge in [-0.15, -0.1) is 0 Å². The van der Waals surface area contributed by atoms with Crippen LogP contribution in [0.1, 0.15) is 36.9 Å². The Morgan fingerprint density at radius 3 is 2.92 bits per heavy atom. The smallest absolute Gasteiger partial charge is 0.258 e. The lowest BCUT2D eigenvalue weighted by atomic mass is 9.79. The van der Waals surface area contributed by atoms with Gasteiger partial charge in [-0.05, 0) is 44.2 Å². The number of aryl methyl sites for hydroxylation is 1. The summed E-state index contributed by atoms with van der Waals surface area (Å²) in [6, 6.07) is 5.87. The number of pyridine rings is 1. The van der Waals surface area contributed by atoms with E-state index in [1.807, 2.05) is 32.4 Å². The van der Waals surface area contributed by atoms with Gasteiger partial charge in [0.25, 0.3) is 5.56 Å². The number of methoxy groups -OCH3 is 2. The molecule has 0 bridgehead atoms. The third kappa shape index (κ3) is 2.96. The van der Waals surface area contributed by atoms with E-state index in [1.165, 1.54) is 0 Å². The van der Waals surface area contributed by atoms with E-state index in [9.17, 15) is 4.79 Å². The number of rotatable bonds is 4. The Kier molecular flexibility index (Phi) is 4.59. The molecule has 1 aliphatic heterocycles. The summed E-state index contributed by atoms with van der Waals surface area (Å²) in [5, 5.41) is 0. The van der Waals surface area contributed by atoms with Crippen LogP contribution in [-0.2, 0) is 16.0 Å². The van der Waals surface area contributed by atoms with E-state index in [2.05, 4.69) is 4.90 Å². The van der Waals surface area contributed by atoms with Gasteiger partial charge in [-0.2, -0.15) is 0 Å². The maximum atomic E-state index is 12.5. The minimum atomic E-state index is -0.0853. The average molecular weight is 357 g/mol. The number of fused-ring (bicyclic) bond motifs is 2. The molecular weight excluding hydrogens is 330 g/mol. The molecule has 0 N–H and O–H groups in total. The zero-order valence-electron chi connectivity index (χ0n) is 15.8. The topological polar surface area (TPSA) is 56.1 Å². The van der Waals surface area contributed by atoms with E-state index in [0.717, 1.165) is 43.5 Å². The number of hydrogen-bond acceptors (Lipinski definition) is 5. The molecule has 26 heavy (non-hydrogen) atoms. The van der Waals surface area contributed by atoms with Gasteiger partial charge in [-0.1, -0.05) is 6.07 Å². The molecule has 0 unspecified atom stereocenters. The van der Waals surface area contributed by atoms with Gasteiger partial charge in [0, 0.05) is 45.6 Å². The second-order valence-corrected chi connectivity index (χ2v) is 7.66. The summed E-state index contributed by atoms with van der Waals surface area (Å²) in [6.45, 7) is 3.61. The fourth-order valence-electron chi connectivity index (χ4n) is 4.71. The fraction of sp³-hybridized carbons (Fsp3) is 0.600. The van der Waals surface area contributed by atoms with Crippen LogP contribution in [0.5, 0.6) is 0 Å². The van der Waals surface area contributed by atoms with Gasteiger partial charge >= 0.3 is 0 Å². The molecule has 6 nitrogen and oxygen atoms in total. The average Bonchev–Trinajstić information content (AvgIpc) is 3.00. The van der Waals surface area contributed by atoms with Crippen LogP contribution in [0.3, 0.4) is 0 Å². The zero-order chi connectivity index (χ0) is 18.3. The molecule has 6 heteroatoms. The van der Waals surface area contributed by atoms with Crippen molar-refractivity contribution in [3.8, 4) is 0 Å². The second-order valence-electron chi connectivity index (χ2n) is 7.66. The van der Waals surface area contributed by atoms with E-state index < -0.39 is 0 Å². The first-order chi connectivity index (χ1) is 12.5. The van der Waals surface area contributed by atoms with Gasteiger partial charge in [0.05, 0.1) is 17.4 Å². The highest BCUT2D eigenvalue weighted by Gasteiger charge is 2.51. The highest BCUT2D eigenvalue weighted by atomic mass is 16.5. The molecule has 1 aliphatic carbocycles. The predicted octanol–water partition coefficient (Wildman–Crippen LogP) is 2.16. The molecule has 2 aliphatic rings. The number of likely N-dealkylation sites (tertiary alicyclic amines) is 1. The van der Waals surface area contributed by atoms with Crippen LogP contribution in [0.15, 0.2) is 29.2 Å². The van der Waals surface area contributed by atoms with Crippen LogP contribution in [0.25, 0.3) is 5.65 Å². The lowest BCUT2D eigenvalue weighted by Crippen LogP contribution is -2.51. The quantitative estimate of drug-likeness (QED) is 0.839. The SMILES string of the molecule is CO[C@H]1CC[C@@]2(OC)CCN(Cc3cc(=O)n4cc(C)ccc4n3)[C@H]2C1. The third-order valence-corrected chi connectivity index (χ3v) is 6.21. The molecule has 2 fully saturated rings. The highest BCUT2D eigenvalue weighted by Crippen LogP contribution is 2.43. The van der Waals surface area contributed by atoms with E-state index in [-0.39, 0.29) is 17.3 Å². The van der Waals surface area contributed by atoms with Crippen molar-refractivity contribution in [2.24, 2.45) is 0 Å². The van der Waals surface area contributed by atoms with Crippen LogP contribution in [0.2, 0.25) is 0 Å². The van der Waals surface area contributed by atoms with E-state index in [4.69, 9.17) is 14.5 Å². The summed E-state index contributed by atoms with van der Waals surface area (Å²) in [5.74, 6) is 0. The van der Waals surface area contributed by atoms with Gasteiger partial charge in [-0.25, -0.2) is 4.98 Å². The summed E-state index contributed by atoms with van der Waals surface area (Å²) in [7, 11) is 3.62. The Balaban J connectivity index is 1.61. The maximum absolute atomic E-state index is 12.5. The number of hydrogen-bond donors (Lipinski definition) is 0. The molecule has 0 amide bonds. The van der Waals surface area contributed by atoms with E-state index >= 15 is 0 Å². The van der Waals surface area contributed by atoms with Crippen molar-refractivity contribution in [1.29, 1.82) is 0 Å². The Labute approximate surface area is 153 Å². The monoisotopic (exact) mass is 357 g/mol. The van der Waals surface area contributed by atoms with Gasteiger partial charge in [0.15, 0.2) is 0 Å². The van der Waals surface area contributed by atoms with Gasteiger partial charge in [-0.3, -0.25) is 14.1 Å². The molecule has 3 heterocycles. The Morgan fingerprint density at radius 1 is 1.31 bits per heavy atom. The van der Waals surface area contributed by atoms with Crippen molar-refractivity contribution < 1.29 is 9.47 Å². The Morgan fingerprint density at radius 2 is 2.15 bits per heavy atom. The molecule has 4 rings (SSSR count). The van der Waals surface area contributed by atoms with Crippen LogP contribution in [0, 0.1) is 6.92 Å². The Bertz CT molecular complexity index is 865. The van der Waals surface area contributed by atoms with Crippen molar-refractivity contribution in [2.75, 3.05) is 20.8 Å². The first kappa shape index (κ1) is 17.6. The highest BCUT2D eigenvalue weighted by molar-refractivity contribution is 5.40. The lowest BCUT2D eigenvalue weighted by Gasteiger charge is -2.43. The molecule has 1 saturated carbocycles. The van der Waals surface area contributed by atoms with Crippen LogP contribution in [0.4, 0.5) is 0 Å². The van der Waals surface area contributed by atoms with Crippen LogP contribution >= 0.6 is 0 Å².